The Morgan fingerprint density at radius 1 is 0.938 bits per heavy atom. The molecule has 2 amide bonds. The van der Waals surface area contributed by atoms with Gasteiger partial charge in [-0.3, -0.25) is 20.1 Å². The van der Waals surface area contributed by atoms with Crippen molar-refractivity contribution >= 4 is 34.8 Å². The second-order valence-electron chi connectivity index (χ2n) is 8.63. The lowest BCUT2D eigenvalue weighted by atomic mass is 10.1. The van der Waals surface area contributed by atoms with Crippen molar-refractivity contribution in [3.05, 3.63) is 40.6 Å². The molecule has 0 atom stereocenters. The topological polar surface area (TPSA) is 105 Å². The van der Waals surface area contributed by atoms with Crippen molar-refractivity contribution < 1.29 is 24.3 Å². The summed E-state index contributed by atoms with van der Waals surface area (Å²) in [5.74, 6) is -0.216. The summed E-state index contributed by atoms with van der Waals surface area (Å²) in [4.78, 5) is 36.0. The van der Waals surface area contributed by atoms with E-state index in [1.165, 1.54) is 11.3 Å². The zero-order valence-corrected chi connectivity index (χ0v) is 19.7. The fourth-order valence-electron chi connectivity index (χ4n) is 3.08. The number of ether oxygens (including phenoxy) is 1. The third-order valence-electron chi connectivity index (χ3n) is 4.67. The van der Waals surface area contributed by atoms with Gasteiger partial charge in [0.25, 0.3) is 0 Å². The molecule has 0 saturated carbocycles. The molecule has 0 unspecified atom stereocenters. The highest BCUT2D eigenvalue weighted by molar-refractivity contribution is 7.12. The molecule has 32 heavy (non-hydrogen) atoms. The molecule has 0 saturated heterocycles. The molecule has 8 heteroatoms. The first kappa shape index (κ1) is 25.5. The molecule has 2 aromatic rings. The smallest absolute Gasteiger partial charge is 0.412 e. The average molecular weight is 461 g/mol. The SMILES string of the molecule is CC(C)(C)OC(=O)Nc1ccc(-c2csc(C(=O)CCCCCCCC(=O)NO)c2)cc1. The number of amides is 2. The summed E-state index contributed by atoms with van der Waals surface area (Å²) in [6.45, 7) is 5.44. The van der Waals surface area contributed by atoms with E-state index in [1.54, 1.807) is 5.48 Å². The monoisotopic (exact) mass is 460 g/mol. The van der Waals surface area contributed by atoms with Gasteiger partial charge in [0.05, 0.1) is 4.88 Å². The van der Waals surface area contributed by atoms with E-state index in [4.69, 9.17) is 9.94 Å². The maximum absolute atomic E-state index is 12.5. The number of unbranched alkanes of at least 4 members (excludes halogenated alkanes) is 4. The van der Waals surface area contributed by atoms with Gasteiger partial charge in [0.15, 0.2) is 5.78 Å². The van der Waals surface area contributed by atoms with Crippen LogP contribution in [0.25, 0.3) is 11.1 Å². The first-order chi connectivity index (χ1) is 15.2. The van der Waals surface area contributed by atoms with Gasteiger partial charge in [-0.25, -0.2) is 10.3 Å². The summed E-state index contributed by atoms with van der Waals surface area (Å²) in [6, 6.07) is 9.34. The van der Waals surface area contributed by atoms with Crippen LogP contribution in [0.3, 0.4) is 0 Å². The van der Waals surface area contributed by atoms with E-state index in [-0.39, 0.29) is 11.7 Å². The second kappa shape index (κ2) is 12.4. The Balaban J connectivity index is 1.77. The molecule has 0 aliphatic carbocycles. The molecule has 3 N–H and O–H groups in total. The molecule has 2 rings (SSSR count). The number of ketones is 1. The van der Waals surface area contributed by atoms with Crippen LogP contribution < -0.4 is 10.8 Å². The largest absolute Gasteiger partial charge is 0.444 e. The van der Waals surface area contributed by atoms with Crippen molar-refractivity contribution in [3.8, 4) is 11.1 Å². The Labute approximate surface area is 193 Å². The van der Waals surface area contributed by atoms with Crippen LogP contribution in [0.4, 0.5) is 10.5 Å². The van der Waals surface area contributed by atoms with Crippen molar-refractivity contribution in [2.24, 2.45) is 0 Å². The number of Topliss-reactive ketones (excluding diaryl/α,β-unsaturated/α-hetero) is 1. The molecule has 0 aliphatic rings. The third kappa shape index (κ3) is 9.20. The standard InChI is InChI=1S/C24H32N2O5S/c1-24(2,3)31-23(29)25-19-13-11-17(12-14-19)18-15-21(32-16-18)20(27)9-7-5-4-6-8-10-22(28)26-30/h11-16,30H,4-10H2,1-3H3,(H,25,29)(H,26,28). The van der Waals surface area contributed by atoms with Gasteiger partial charge in [0, 0.05) is 18.5 Å². The highest BCUT2D eigenvalue weighted by atomic mass is 32.1. The highest BCUT2D eigenvalue weighted by Gasteiger charge is 2.16. The van der Waals surface area contributed by atoms with Crippen LogP contribution in [-0.4, -0.2) is 28.6 Å². The zero-order valence-electron chi connectivity index (χ0n) is 18.9. The Hall–Kier alpha value is -2.71. The molecular weight excluding hydrogens is 428 g/mol. The van der Waals surface area contributed by atoms with Crippen LogP contribution in [0, 0.1) is 0 Å². The fraction of sp³-hybridized carbons (Fsp3) is 0.458. The van der Waals surface area contributed by atoms with Gasteiger partial charge in [-0.05, 0) is 68.3 Å². The summed E-state index contributed by atoms with van der Waals surface area (Å²) in [5.41, 5.74) is 3.67. The lowest BCUT2D eigenvalue weighted by Gasteiger charge is -2.19. The number of carbonyl (C=O) groups is 3. The first-order valence-corrected chi connectivity index (χ1v) is 11.7. The molecule has 0 fully saturated rings. The minimum absolute atomic E-state index is 0.143. The van der Waals surface area contributed by atoms with Crippen molar-refractivity contribution in [3.63, 3.8) is 0 Å². The Kier molecular flexibility index (Phi) is 9.87. The van der Waals surface area contributed by atoms with E-state index < -0.39 is 11.7 Å². The summed E-state index contributed by atoms with van der Waals surface area (Å²) < 4.78 is 5.25. The maximum atomic E-state index is 12.5. The predicted octanol–water partition coefficient (Wildman–Crippen LogP) is 6.18. The molecule has 7 nitrogen and oxygen atoms in total. The minimum atomic E-state index is -0.553. The normalized spacial score (nSPS) is 11.1. The molecule has 0 spiro atoms. The second-order valence-corrected chi connectivity index (χ2v) is 9.54. The van der Waals surface area contributed by atoms with E-state index >= 15 is 0 Å². The van der Waals surface area contributed by atoms with Gasteiger partial charge in [-0.15, -0.1) is 11.3 Å². The highest BCUT2D eigenvalue weighted by Crippen LogP contribution is 2.28. The van der Waals surface area contributed by atoms with E-state index in [1.807, 2.05) is 56.5 Å². The molecular formula is C24H32N2O5S. The molecule has 0 aliphatic heterocycles. The fourth-order valence-corrected chi connectivity index (χ4v) is 3.97. The van der Waals surface area contributed by atoms with Crippen molar-refractivity contribution in [2.75, 3.05) is 5.32 Å². The lowest BCUT2D eigenvalue weighted by Crippen LogP contribution is -2.27. The summed E-state index contributed by atoms with van der Waals surface area (Å²) >= 11 is 1.44. The number of nitrogens with one attached hydrogen (secondary N) is 2. The van der Waals surface area contributed by atoms with E-state index in [0.29, 0.717) is 18.5 Å². The van der Waals surface area contributed by atoms with Gasteiger partial charge in [0.1, 0.15) is 5.60 Å². The Morgan fingerprint density at radius 3 is 2.19 bits per heavy atom. The van der Waals surface area contributed by atoms with Gasteiger partial charge in [-0.1, -0.05) is 31.4 Å². The minimum Gasteiger partial charge on any atom is -0.444 e. The number of hydrogen-bond donors (Lipinski definition) is 3. The molecule has 0 bridgehead atoms. The molecule has 174 valence electrons. The molecule has 1 aromatic heterocycles. The van der Waals surface area contributed by atoms with Crippen LogP contribution in [0.5, 0.6) is 0 Å². The molecule has 1 aromatic carbocycles. The van der Waals surface area contributed by atoms with Crippen LogP contribution in [-0.2, 0) is 9.53 Å². The molecule has 1 heterocycles. The lowest BCUT2D eigenvalue weighted by molar-refractivity contribution is -0.129. The number of carbonyl (C=O) groups excluding carboxylic acids is 3. The summed E-state index contributed by atoms with van der Waals surface area (Å²) in [5, 5.41) is 13.1. The Morgan fingerprint density at radius 2 is 1.56 bits per heavy atom. The van der Waals surface area contributed by atoms with E-state index in [9.17, 15) is 14.4 Å². The Bertz CT molecular complexity index is 900. The summed E-state index contributed by atoms with van der Waals surface area (Å²) in [7, 11) is 0. The summed E-state index contributed by atoms with van der Waals surface area (Å²) in [6.07, 6.45) is 4.71. The van der Waals surface area contributed by atoms with Crippen LogP contribution in [0.1, 0.15) is 75.4 Å². The van der Waals surface area contributed by atoms with Crippen LogP contribution in [0.15, 0.2) is 35.7 Å². The molecule has 0 radical (unpaired) electrons. The number of rotatable bonds is 11. The van der Waals surface area contributed by atoms with Crippen molar-refractivity contribution in [1.82, 2.24) is 5.48 Å². The van der Waals surface area contributed by atoms with Gasteiger partial charge >= 0.3 is 6.09 Å². The van der Waals surface area contributed by atoms with Gasteiger partial charge < -0.3 is 4.74 Å². The number of anilines is 1. The zero-order chi connectivity index (χ0) is 23.6. The van der Waals surface area contributed by atoms with E-state index in [2.05, 4.69) is 5.32 Å². The predicted molar refractivity (Wildman–Crippen MR) is 126 cm³/mol. The quantitative estimate of drug-likeness (QED) is 0.161. The van der Waals surface area contributed by atoms with Crippen LogP contribution in [0.2, 0.25) is 0 Å². The van der Waals surface area contributed by atoms with Crippen molar-refractivity contribution in [1.29, 1.82) is 0 Å². The number of thiophene rings is 1. The third-order valence-corrected chi connectivity index (χ3v) is 5.64. The number of hydrogen-bond acceptors (Lipinski definition) is 6. The average Bonchev–Trinajstić information content (AvgIpc) is 3.22. The van der Waals surface area contributed by atoms with Gasteiger partial charge in [-0.2, -0.15) is 0 Å². The number of hydroxylamine groups is 1. The maximum Gasteiger partial charge on any atom is 0.412 e. The first-order valence-electron chi connectivity index (χ1n) is 10.8. The van der Waals surface area contributed by atoms with Gasteiger partial charge in [0.2, 0.25) is 5.91 Å². The number of benzene rings is 1. The van der Waals surface area contributed by atoms with Crippen LogP contribution >= 0.6 is 11.3 Å². The van der Waals surface area contributed by atoms with E-state index in [0.717, 1.165) is 48.1 Å². The van der Waals surface area contributed by atoms with Crippen molar-refractivity contribution in [2.45, 2.75) is 71.3 Å².